The number of pyridine rings is 1. The van der Waals surface area contributed by atoms with Gasteiger partial charge in [0, 0.05) is 12.4 Å². The van der Waals surface area contributed by atoms with Crippen molar-refractivity contribution >= 4 is 5.97 Å². The first kappa shape index (κ1) is 15.2. The number of hydrogen-bond donors (Lipinski definition) is 0. The number of nitrogens with zero attached hydrogens (tertiary/aromatic N) is 1. The lowest BCUT2D eigenvalue weighted by Crippen LogP contribution is -2.16. The highest BCUT2D eigenvalue weighted by molar-refractivity contribution is 5.72. The summed E-state index contributed by atoms with van der Waals surface area (Å²) in [4.78, 5) is 15.7. The molecule has 110 valence electrons. The minimum atomic E-state index is -0.128. The van der Waals surface area contributed by atoms with Crippen molar-refractivity contribution in [1.82, 2.24) is 4.98 Å². The molecular weight excluding hydrogens is 262 g/mol. The molecule has 0 aliphatic carbocycles. The molecule has 2 aromatic rings. The summed E-state index contributed by atoms with van der Waals surface area (Å²) in [5, 5.41) is 0. The Morgan fingerprint density at radius 1 is 1.14 bits per heavy atom. The Kier molecular flexibility index (Phi) is 5.50. The van der Waals surface area contributed by atoms with E-state index in [1.54, 1.807) is 6.20 Å². The molecule has 0 radical (unpaired) electrons. The Hall–Kier alpha value is -2.16. The fourth-order valence-corrected chi connectivity index (χ4v) is 2.25. The molecule has 1 heterocycles. The SMILES string of the molecule is CCOC(=O)[C@@H](C)Cc1ccc(Cc2cccnc2)cc1. The van der Waals surface area contributed by atoms with Crippen LogP contribution in [0.25, 0.3) is 0 Å². The quantitative estimate of drug-likeness (QED) is 0.763. The van der Waals surface area contributed by atoms with Crippen LogP contribution in [0.2, 0.25) is 0 Å². The molecular formula is C18H21NO2. The second-order valence-electron chi connectivity index (χ2n) is 5.21. The van der Waals surface area contributed by atoms with Gasteiger partial charge < -0.3 is 4.74 Å². The van der Waals surface area contributed by atoms with Crippen LogP contribution in [0.4, 0.5) is 0 Å². The Morgan fingerprint density at radius 3 is 2.48 bits per heavy atom. The van der Waals surface area contributed by atoms with Crippen molar-refractivity contribution < 1.29 is 9.53 Å². The van der Waals surface area contributed by atoms with Gasteiger partial charge in [-0.1, -0.05) is 37.3 Å². The average molecular weight is 283 g/mol. The van der Waals surface area contributed by atoms with Gasteiger partial charge >= 0.3 is 5.97 Å². The molecule has 3 heteroatoms. The van der Waals surface area contributed by atoms with Crippen LogP contribution in [0.15, 0.2) is 48.8 Å². The molecule has 0 amide bonds. The van der Waals surface area contributed by atoms with E-state index >= 15 is 0 Å². The highest BCUT2D eigenvalue weighted by Gasteiger charge is 2.14. The molecule has 0 unspecified atom stereocenters. The molecule has 2 rings (SSSR count). The molecule has 0 spiro atoms. The molecule has 0 saturated carbocycles. The number of esters is 1. The highest BCUT2D eigenvalue weighted by Crippen LogP contribution is 2.14. The van der Waals surface area contributed by atoms with E-state index < -0.39 is 0 Å². The van der Waals surface area contributed by atoms with Gasteiger partial charge in [-0.3, -0.25) is 9.78 Å². The molecule has 1 atom stereocenters. The largest absolute Gasteiger partial charge is 0.466 e. The van der Waals surface area contributed by atoms with Gasteiger partial charge in [0.05, 0.1) is 12.5 Å². The summed E-state index contributed by atoms with van der Waals surface area (Å²) in [5.41, 5.74) is 3.60. The zero-order valence-corrected chi connectivity index (χ0v) is 12.6. The van der Waals surface area contributed by atoms with Gasteiger partial charge in [0.1, 0.15) is 0 Å². The van der Waals surface area contributed by atoms with Crippen molar-refractivity contribution in [3.05, 3.63) is 65.5 Å². The molecule has 1 aromatic carbocycles. The van der Waals surface area contributed by atoms with Gasteiger partial charge in [0.25, 0.3) is 0 Å². The lowest BCUT2D eigenvalue weighted by molar-refractivity contribution is -0.147. The van der Waals surface area contributed by atoms with Gasteiger partial charge in [-0.2, -0.15) is 0 Å². The lowest BCUT2D eigenvalue weighted by atomic mass is 9.98. The number of benzene rings is 1. The van der Waals surface area contributed by atoms with Gasteiger partial charge in [-0.05, 0) is 42.5 Å². The summed E-state index contributed by atoms with van der Waals surface area (Å²) in [6.07, 6.45) is 5.26. The van der Waals surface area contributed by atoms with Crippen LogP contribution >= 0.6 is 0 Å². The number of hydrogen-bond acceptors (Lipinski definition) is 3. The molecule has 21 heavy (non-hydrogen) atoms. The maximum atomic E-state index is 11.6. The van der Waals surface area contributed by atoms with Gasteiger partial charge in [0.2, 0.25) is 0 Å². The van der Waals surface area contributed by atoms with E-state index in [0.29, 0.717) is 13.0 Å². The minimum absolute atomic E-state index is 0.103. The maximum absolute atomic E-state index is 11.6. The maximum Gasteiger partial charge on any atom is 0.308 e. The van der Waals surface area contributed by atoms with Crippen LogP contribution in [0.5, 0.6) is 0 Å². The molecule has 0 aliphatic heterocycles. The molecule has 1 aromatic heterocycles. The first-order chi connectivity index (χ1) is 10.2. The molecule has 0 N–H and O–H groups in total. The average Bonchev–Trinajstić information content (AvgIpc) is 2.50. The first-order valence-electron chi connectivity index (χ1n) is 7.32. The van der Waals surface area contributed by atoms with E-state index in [-0.39, 0.29) is 11.9 Å². The van der Waals surface area contributed by atoms with Crippen molar-refractivity contribution in [2.24, 2.45) is 5.92 Å². The van der Waals surface area contributed by atoms with E-state index in [4.69, 9.17) is 4.74 Å². The van der Waals surface area contributed by atoms with Crippen LogP contribution in [0.1, 0.15) is 30.5 Å². The zero-order valence-electron chi connectivity index (χ0n) is 12.6. The number of carbonyl (C=O) groups excluding carboxylic acids is 1. The van der Waals surface area contributed by atoms with Gasteiger partial charge in [0.15, 0.2) is 0 Å². The molecule has 0 bridgehead atoms. The monoisotopic (exact) mass is 283 g/mol. The standard InChI is InChI=1S/C18H21NO2/c1-3-21-18(20)14(2)11-15-6-8-16(9-7-15)12-17-5-4-10-19-13-17/h4-10,13-14H,3,11-12H2,1-2H3/t14-/m0/s1. The summed E-state index contributed by atoms with van der Waals surface area (Å²) < 4.78 is 5.03. The lowest BCUT2D eigenvalue weighted by Gasteiger charge is -2.11. The third kappa shape index (κ3) is 4.71. The number of aromatic nitrogens is 1. The Labute approximate surface area is 126 Å². The third-order valence-corrected chi connectivity index (χ3v) is 3.38. The van der Waals surface area contributed by atoms with Crippen molar-refractivity contribution in [2.75, 3.05) is 6.61 Å². The summed E-state index contributed by atoms with van der Waals surface area (Å²) in [5.74, 6) is -0.231. The second-order valence-corrected chi connectivity index (χ2v) is 5.21. The Balaban J connectivity index is 1.94. The van der Waals surface area contributed by atoms with E-state index in [1.165, 1.54) is 11.1 Å². The summed E-state index contributed by atoms with van der Waals surface area (Å²) >= 11 is 0. The topological polar surface area (TPSA) is 39.2 Å². The zero-order chi connectivity index (χ0) is 15.1. The van der Waals surface area contributed by atoms with E-state index in [9.17, 15) is 4.79 Å². The van der Waals surface area contributed by atoms with E-state index in [0.717, 1.165) is 12.0 Å². The van der Waals surface area contributed by atoms with Crippen LogP contribution < -0.4 is 0 Å². The number of ether oxygens (including phenoxy) is 1. The fraction of sp³-hybridized carbons (Fsp3) is 0.333. The highest BCUT2D eigenvalue weighted by atomic mass is 16.5. The second kappa shape index (κ2) is 7.58. The summed E-state index contributed by atoms with van der Waals surface area (Å²) in [7, 11) is 0. The number of rotatable bonds is 6. The summed E-state index contributed by atoms with van der Waals surface area (Å²) in [6.45, 7) is 4.17. The molecule has 0 aliphatic rings. The minimum Gasteiger partial charge on any atom is -0.466 e. The first-order valence-corrected chi connectivity index (χ1v) is 7.32. The smallest absolute Gasteiger partial charge is 0.308 e. The third-order valence-electron chi connectivity index (χ3n) is 3.38. The van der Waals surface area contributed by atoms with E-state index in [2.05, 4.69) is 35.3 Å². The molecule has 0 saturated heterocycles. The Morgan fingerprint density at radius 2 is 1.86 bits per heavy atom. The fourth-order valence-electron chi connectivity index (χ4n) is 2.25. The van der Waals surface area contributed by atoms with Gasteiger partial charge in [-0.15, -0.1) is 0 Å². The molecule has 3 nitrogen and oxygen atoms in total. The van der Waals surface area contributed by atoms with Crippen LogP contribution in [0, 0.1) is 5.92 Å². The van der Waals surface area contributed by atoms with Crippen molar-refractivity contribution in [2.45, 2.75) is 26.7 Å². The predicted octanol–water partition coefficient (Wildman–Crippen LogP) is 3.41. The van der Waals surface area contributed by atoms with E-state index in [1.807, 2.05) is 26.1 Å². The predicted molar refractivity (Wildman–Crippen MR) is 83.0 cm³/mol. The van der Waals surface area contributed by atoms with Gasteiger partial charge in [-0.25, -0.2) is 0 Å². The normalized spacial score (nSPS) is 11.9. The van der Waals surface area contributed by atoms with Crippen molar-refractivity contribution in [3.8, 4) is 0 Å². The van der Waals surface area contributed by atoms with Crippen LogP contribution in [-0.2, 0) is 22.4 Å². The summed E-state index contributed by atoms with van der Waals surface area (Å²) in [6, 6.07) is 12.4. The Bertz CT molecular complexity index is 564. The van der Waals surface area contributed by atoms with Crippen LogP contribution in [0.3, 0.4) is 0 Å². The molecule has 0 fully saturated rings. The number of carbonyl (C=O) groups is 1. The van der Waals surface area contributed by atoms with Crippen molar-refractivity contribution in [3.63, 3.8) is 0 Å². The van der Waals surface area contributed by atoms with Crippen LogP contribution in [-0.4, -0.2) is 17.6 Å². The van der Waals surface area contributed by atoms with Crippen molar-refractivity contribution in [1.29, 1.82) is 0 Å².